The fourth-order valence-corrected chi connectivity index (χ4v) is 1.88. The zero-order chi connectivity index (χ0) is 15.3. The van der Waals surface area contributed by atoms with Gasteiger partial charge in [0.15, 0.2) is 0 Å². The summed E-state index contributed by atoms with van der Waals surface area (Å²) in [5.74, 6) is 0.207. The Balaban J connectivity index is 1.65. The molecule has 1 saturated heterocycles. The molecule has 0 bridgehead atoms. The third kappa shape index (κ3) is 4.68. The third-order valence-corrected chi connectivity index (χ3v) is 3.48. The molecule has 2 rings (SSSR count). The van der Waals surface area contributed by atoms with Crippen LogP contribution in [0.2, 0.25) is 0 Å². The van der Waals surface area contributed by atoms with Crippen LogP contribution in [0.5, 0.6) is 5.75 Å². The first kappa shape index (κ1) is 15.7. The predicted molar refractivity (Wildman–Crippen MR) is 76.8 cm³/mol. The van der Waals surface area contributed by atoms with Gasteiger partial charge in [0.25, 0.3) is 0 Å². The highest BCUT2D eigenvalue weighted by molar-refractivity contribution is 5.77. The summed E-state index contributed by atoms with van der Waals surface area (Å²) >= 11 is 0. The largest absolute Gasteiger partial charge is 0.492 e. The smallest absolute Gasteiger partial charge is 0.248 e. The van der Waals surface area contributed by atoms with Crippen molar-refractivity contribution >= 4 is 5.91 Å². The van der Waals surface area contributed by atoms with E-state index in [4.69, 9.17) is 9.47 Å². The highest BCUT2D eigenvalue weighted by Crippen LogP contribution is 2.15. The first-order chi connectivity index (χ1) is 9.98. The lowest BCUT2D eigenvalue weighted by Gasteiger charge is -2.39. The molecule has 1 N–H and O–H groups in total. The summed E-state index contributed by atoms with van der Waals surface area (Å²) in [5.41, 5.74) is -0.221. The summed E-state index contributed by atoms with van der Waals surface area (Å²) in [4.78, 5) is 13.5. The fraction of sp³-hybridized carbons (Fsp3) is 0.533. The molecule has 21 heavy (non-hydrogen) atoms. The average Bonchev–Trinajstić information content (AvgIpc) is 2.44. The first-order valence-corrected chi connectivity index (χ1v) is 6.95. The Morgan fingerprint density at radius 2 is 2.05 bits per heavy atom. The van der Waals surface area contributed by atoms with Crippen LogP contribution in [0.15, 0.2) is 24.3 Å². The lowest BCUT2D eigenvalue weighted by molar-refractivity contribution is -0.145. The van der Waals surface area contributed by atoms with Gasteiger partial charge in [0.2, 0.25) is 5.91 Å². The van der Waals surface area contributed by atoms with Gasteiger partial charge < -0.3 is 19.7 Å². The molecule has 1 heterocycles. The van der Waals surface area contributed by atoms with Crippen LogP contribution < -0.4 is 10.1 Å². The number of rotatable bonds is 7. The standard InChI is InChI=1S/C15H21FN2O3/c1-15(10-17-11-15)21-9-14(19)18(2)7-8-20-13-5-3-12(16)4-6-13/h3-6,17H,7-11H2,1-2H3. The second-order valence-corrected chi connectivity index (χ2v) is 5.46. The molecule has 0 radical (unpaired) electrons. The molecule has 1 aliphatic heterocycles. The number of nitrogens with zero attached hydrogens (tertiary/aromatic N) is 1. The number of amides is 1. The number of ether oxygens (including phenoxy) is 2. The maximum absolute atomic E-state index is 12.7. The van der Waals surface area contributed by atoms with Crippen molar-refractivity contribution in [2.45, 2.75) is 12.5 Å². The number of benzene rings is 1. The van der Waals surface area contributed by atoms with Crippen molar-refractivity contribution in [3.05, 3.63) is 30.1 Å². The molecular weight excluding hydrogens is 275 g/mol. The van der Waals surface area contributed by atoms with E-state index in [1.165, 1.54) is 12.1 Å². The average molecular weight is 296 g/mol. The number of nitrogens with one attached hydrogen (secondary N) is 1. The number of halogens is 1. The topological polar surface area (TPSA) is 50.8 Å². The van der Waals surface area contributed by atoms with Crippen LogP contribution in [-0.2, 0) is 9.53 Å². The van der Waals surface area contributed by atoms with Gasteiger partial charge in [0.05, 0.1) is 12.1 Å². The summed E-state index contributed by atoms with van der Waals surface area (Å²) in [5, 5.41) is 3.11. The predicted octanol–water partition coefficient (Wildman–Crippen LogP) is 1.04. The SMILES string of the molecule is CN(CCOc1ccc(F)cc1)C(=O)COC1(C)CNC1. The number of carbonyl (C=O) groups is 1. The summed E-state index contributed by atoms with van der Waals surface area (Å²) in [7, 11) is 1.71. The van der Waals surface area contributed by atoms with Crippen LogP contribution in [0.4, 0.5) is 4.39 Å². The van der Waals surface area contributed by atoms with Crippen molar-refractivity contribution in [2.24, 2.45) is 0 Å². The maximum Gasteiger partial charge on any atom is 0.248 e. The number of hydrogen-bond donors (Lipinski definition) is 1. The quantitative estimate of drug-likeness (QED) is 0.817. The Morgan fingerprint density at radius 1 is 1.38 bits per heavy atom. The number of carbonyl (C=O) groups excluding carboxylic acids is 1. The lowest BCUT2D eigenvalue weighted by Crippen LogP contribution is -2.59. The molecule has 1 amide bonds. The van der Waals surface area contributed by atoms with Crippen LogP contribution in [0, 0.1) is 5.82 Å². The monoisotopic (exact) mass is 296 g/mol. The summed E-state index contributed by atoms with van der Waals surface area (Å²) in [6, 6.07) is 5.80. The van der Waals surface area contributed by atoms with E-state index in [1.807, 2.05) is 6.92 Å². The maximum atomic E-state index is 12.7. The molecule has 116 valence electrons. The molecule has 0 saturated carbocycles. The molecule has 1 fully saturated rings. The van der Waals surface area contributed by atoms with Crippen molar-refractivity contribution in [2.75, 3.05) is 39.9 Å². The van der Waals surface area contributed by atoms with Crippen LogP contribution in [0.25, 0.3) is 0 Å². The van der Waals surface area contributed by atoms with Gasteiger partial charge >= 0.3 is 0 Å². The van der Waals surface area contributed by atoms with Crippen LogP contribution in [-0.4, -0.2) is 56.3 Å². The van der Waals surface area contributed by atoms with E-state index in [-0.39, 0.29) is 23.9 Å². The molecule has 5 nitrogen and oxygen atoms in total. The van der Waals surface area contributed by atoms with Crippen molar-refractivity contribution in [3.8, 4) is 5.75 Å². The molecule has 1 aromatic carbocycles. The Labute approximate surface area is 124 Å². The van der Waals surface area contributed by atoms with Crippen LogP contribution in [0.1, 0.15) is 6.92 Å². The van der Waals surface area contributed by atoms with E-state index in [2.05, 4.69) is 5.32 Å². The van der Waals surface area contributed by atoms with E-state index in [1.54, 1.807) is 24.1 Å². The second kappa shape index (κ2) is 6.87. The van der Waals surface area contributed by atoms with E-state index >= 15 is 0 Å². The number of hydrogen-bond acceptors (Lipinski definition) is 4. The summed E-state index contributed by atoms with van der Waals surface area (Å²) in [6.45, 7) is 4.41. The molecule has 1 aromatic rings. The fourth-order valence-electron chi connectivity index (χ4n) is 1.88. The summed E-state index contributed by atoms with van der Waals surface area (Å²) < 4.78 is 23.8. The zero-order valence-electron chi connectivity index (χ0n) is 12.4. The first-order valence-electron chi connectivity index (χ1n) is 6.95. The lowest BCUT2D eigenvalue weighted by atomic mass is 10.0. The normalized spacial score (nSPS) is 16.1. The van der Waals surface area contributed by atoms with Gasteiger partial charge in [-0.1, -0.05) is 0 Å². The minimum absolute atomic E-state index is 0.0746. The molecule has 6 heteroatoms. The van der Waals surface area contributed by atoms with E-state index < -0.39 is 0 Å². The Bertz CT molecular complexity index is 474. The van der Waals surface area contributed by atoms with Gasteiger partial charge in [0, 0.05) is 20.1 Å². The van der Waals surface area contributed by atoms with Gasteiger partial charge in [-0.05, 0) is 31.2 Å². The van der Waals surface area contributed by atoms with Crippen molar-refractivity contribution in [1.29, 1.82) is 0 Å². The van der Waals surface area contributed by atoms with Crippen molar-refractivity contribution in [3.63, 3.8) is 0 Å². The Hall–Kier alpha value is -1.66. The zero-order valence-corrected chi connectivity index (χ0v) is 12.4. The minimum Gasteiger partial charge on any atom is -0.492 e. The van der Waals surface area contributed by atoms with Gasteiger partial charge in [0.1, 0.15) is 24.8 Å². The molecule has 0 aliphatic carbocycles. The van der Waals surface area contributed by atoms with Gasteiger partial charge in [-0.15, -0.1) is 0 Å². The third-order valence-electron chi connectivity index (χ3n) is 3.48. The van der Waals surface area contributed by atoms with E-state index in [0.29, 0.717) is 18.9 Å². The second-order valence-electron chi connectivity index (χ2n) is 5.46. The molecule has 0 unspecified atom stereocenters. The highest BCUT2D eigenvalue weighted by Gasteiger charge is 2.33. The van der Waals surface area contributed by atoms with Gasteiger partial charge in [-0.2, -0.15) is 0 Å². The Kier molecular flexibility index (Phi) is 5.14. The molecule has 0 spiro atoms. The van der Waals surface area contributed by atoms with Crippen LogP contribution >= 0.6 is 0 Å². The van der Waals surface area contributed by atoms with Crippen molar-refractivity contribution < 1.29 is 18.7 Å². The van der Waals surface area contributed by atoms with Gasteiger partial charge in [-0.3, -0.25) is 4.79 Å². The van der Waals surface area contributed by atoms with E-state index in [0.717, 1.165) is 13.1 Å². The Morgan fingerprint density at radius 3 is 2.62 bits per heavy atom. The molecule has 0 aromatic heterocycles. The van der Waals surface area contributed by atoms with E-state index in [9.17, 15) is 9.18 Å². The van der Waals surface area contributed by atoms with Crippen LogP contribution in [0.3, 0.4) is 0 Å². The minimum atomic E-state index is -0.300. The van der Waals surface area contributed by atoms with Crippen molar-refractivity contribution in [1.82, 2.24) is 10.2 Å². The highest BCUT2D eigenvalue weighted by atomic mass is 19.1. The molecule has 1 aliphatic rings. The molecule has 0 atom stereocenters. The molecular formula is C15H21FN2O3. The summed E-state index contributed by atoms with van der Waals surface area (Å²) in [6.07, 6.45) is 0. The van der Waals surface area contributed by atoms with Gasteiger partial charge in [-0.25, -0.2) is 4.39 Å². The number of likely N-dealkylation sites (N-methyl/N-ethyl adjacent to an activating group) is 1.